The van der Waals surface area contributed by atoms with Crippen molar-refractivity contribution in [2.45, 2.75) is 43.6 Å². The lowest BCUT2D eigenvalue weighted by Crippen LogP contribution is -2.49. The van der Waals surface area contributed by atoms with Gasteiger partial charge in [0.05, 0.1) is 39.2 Å². The fraction of sp³-hybridized carbons (Fsp3) is 0.524. The molecule has 174 valence electrons. The second-order valence-corrected chi connectivity index (χ2v) is 11.1. The molecule has 0 aliphatic carbocycles. The Morgan fingerprint density at radius 1 is 1.34 bits per heavy atom. The number of hydrogen-bond acceptors (Lipinski definition) is 5. The SMILES string of the molecule is C=C1C(=N)C(c2cc(Cl)ccn2)OC12CCN(S(=C)(=O)C1=NCC(C(F)(F)F)CC1)CC2. The largest absolute Gasteiger partial charge is 0.393 e. The highest BCUT2D eigenvalue weighted by Gasteiger charge is 2.50. The number of halogens is 4. The van der Waals surface area contributed by atoms with Crippen molar-refractivity contribution in [2.24, 2.45) is 10.9 Å². The van der Waals surface area contributed by atoms with Gasteiger partial charge in [0.15, 0.2) is 0 Å². The fourth-order valence-electron chi connectivity index (χ4n) is 4.45. The van der Waals surface area contributed by atoms with Crippen molar-refractivity contribution < 1.29 is 22.1 Å². The van der Waals surface area contributed by atoms with Crippen LogP contribution in [0.15, 0.2) is 35.5 Å². The standard InChI is InChI=1S/C21H24ClF3N4O2S/c1-13-18(26)19(16-11-15(22)5-8-27-16)31-20(13)6-9-29(10-7-20)32(2,30)17-4-3-14(12-28-17)21(23,24)25/h5,8,11,14,19,26H,1-4,6-7,9-10,12H2. The molecule has 6 nitrogen and oxygen atoms in total. The quantitative estimate of drug-likeness (QED) is 0.633. The van der Waals surface area contributed by atoms with E-state index in [-0.39, 0.29) is 23.6 Å². The molecule has 32 heavy (non-hydrogen) atoms. The topological polar surface area (TPSA) is 78.6 Å². The van der Waals surface area contributed by atoms with Gasteiger partial charge in [0, 0.05) is 29.9 Å². The van der Waals surface area contributed by atoms with Crippen LogP contribution in [0.25, 0.3) is 0 Å². The van der Waals surface area contributed by atoms with Gasteiger partial charge in [-0.2, -0.15) is 13.2 Å². The zero-order chi connectivity index (χ0) is 23.3. The minimum absolute atomic E-state index is 0.0184. The van der Waals surface area contributed by atoms with E-state index < -0.39 is 40.1 Å². The molecule has 0 saturated carbocycles. The number of alkyl halides is 3. The van der Waals surface area contributed by atoms with Gasteiger partial charge in [-0.3, -0.25) is 9.98 Å². The molecule has 11 heteroatoms. The summed E-state index contributed by atoms with van der Waals surface area (Å²) in [5.41, 5.74) is 0.536. The van der Waals surface area contributed by atoms with Crippen molar-refractivity contribution in [3.63, 3.8) is 0 Å². The number of piperidine rings is 1. The number of pyridine rings is 1. The smallest absolute Gasteiger partial charge is 0.354 e. The summed E-state index contributed by atoms with van der Waals surface area (Å²) in [4.78, 5) is 8.28. The first-order chi connectivity index (χ1) is 14.9. The average molecular weight is 489 g/mol. The molecule has 1 aromatic rings. The zero-order valence-corrected chi connectivity index (χ0v) is 18.9. The third kappa shape index (κ3) is 4.13. The van der Waals surface area contributed by atoms with Gasteiger partial charge < -0.3 is 10.1 Å². The number of aliphatic imine (C=N–C) groups is 1. The van der Waals surface area contributed by atoms with E-state index in [4.69, 9.17) is 21.7 Å². The summed E-state index contributed by atoms with van der Waals surface area (Å²) in [6, 6.07) is 3.29. The Hall–Kier alpha value is -1.75. The minimum Gasteiger partial charge on any atom is -0.354 e. The Labute approximate surface area is 190 Å². The van der Waals surface area contributed by atoms with Crippen LogP contribution in [0.1, 0.15) is 37.5 Å². The molecule has 3 atom stereocenters. The van der Waals surface area contributed by atoms with Crippen molar-refractivity contribution in [1.82, 2.24) is 9.29 Å². The highest BCUT2D eigenvalue weighted by atomic mass is 35.5. The fourth-order valence-corrected chi connectivity index (χ4v) is 6.40. The lowest BCUT2D eigenvalue weighted by molar-refractivity contribution is -0.173. The van der Waals surface area contributed by atoms with Crippen LogP contribution < -0.4 is 0 Å². The zero-order valence-electron chi connectivity index (χ0n) is 17.3. The summed E-state index contributed by atoms with van der Waals surface area (Å²) in [7, 11) is -2.96. The van der Waals surface area contributed by atoms with Crippen LogP contribution in [-0.2, 0) is 14.4 Å². The first-order valence-electron chi connectivity index (χ1n) is 10.2. The van der Waals surface area contributed by atoms with E-state index in [1.165, 1.54) is 0 Å². The van der Waals surface area contributed by atoms with E-state index >= 15 is 0 Å². The Morgan fingerprint density at radius 3 is 2.59 bits per heavy atom. The van der Waals surface area contributed by atoms with E-state index in [9.17, 15) is 17.4 Å². The number of nitrogens with zero attached hydrogens (tertiary/aromatic N) is 3. The predicted molar refractivity (Wildman–Crippen MR) is 120 cm³/mol. The summed E-state index contributed by atoms with van der Waals surface area (Å²) in [6.07, 6.45) is -2.68. The van der Waals surface area contributed by atoms with Crippen LogP contribution in [0.5, 0.6) is 0 Å². The van der Waals surface area contributed by atoms with Gasteiger partial charge in [-0.25, -0.2) is 8.51 Å². The van der Waals surface area contributed by atoms with Gasteiger partial charge in [0.25, 0.3) is 0 Å². The summed E-state index contributed by atoms with van der Waals surface area (Å²) < 4.78 is 60.1. The molecule has 3 unspecified atom stereocenters. The molecule has 1 N–H and O–H groups in total. The van der Waals surface area contributed by atoms with Crippen molar-refractivity contribution >= 4 is 37.9 Å². The van der Waals surface area contributed by atoms with Gasteiger partial charge in [-0.05, 0) is 43.7 Å². The van der Waals surface area contributed by atoms with Crippen LogP contribution in [0.2, 0.25) is 5.02 Å². The molecule has 4 rings (SSSR count). The molecule has 2 saturated heterocycles. The van der Waals surface area contributed by atoms with Crippen LogP contribution in [0.3, 0.4) is 0 Å². The second kappa shape index (κ2) is 8.23. The van der Waals surface area contributed by atoms with Gasteiger partial charge in [0.1, 0.15) is 11.1 Å². The lowest BCUT2D eigenvalue weighted by Gasteiger charge is -2.40. The minimum atomic E-state index is -4.30. The molecule has 3 aliphatic heterocycles. The van der Waals surface area contributed by atoms with Crippen molar-refractivity contribution in [3.8, 4) is 0 Å². The van der Waals surface area contributed by atoms with E-state index in [0.717, 1.165) is 0 Å². The molecule has 1 aromatic heterocycles. The maximum atomic E-state index is 13.4. The maximum absolute atomic E-state index is 13.4. The lowest BCUT2D eigenvalue weighted by atomic mass is 9.85. The molecule has 4 heterocycles. The molecule has 0 aromatic carbocycles. The molecular weight excluding hydrogens is 465 g/mol. The van der Waals surface area contributed by atoms with Crippen LogP contribution in [0, 0.1) is 11.3 Å². The van der Waals surface area contributed by atoms with Crippen LogP contribution in [0.4, 0.5) is 13.2 Å². The first kappa shape index (κ1) is 23.4. The Morgan fingerprint density at radius 2 is 2.03 bits per heavy atom. The van der Waals surface area contributed by atoms with Gasteiger partial charge in [0.2, 0.25) is 0 Å². The molecule has 1 spiro atoms. The Bertz CT molecular complexity index is 1080. The number of rotatable bonds is 2. The molecule has 0 bridgehead atoms. The van der Waals surface area contributed by atoms with E-state index in [2.05, 4.69) is 22.4 Å². The van der Waals surface area contributed by atoms with E-state index in [1.807, 2.05) is 0 Å². The number of ether oxygens (including phenoxy) is 1. The third-order valence-corrected chi connectivity index (χ3v) is 8.97. The van der Waals surface area contributed by atoms with Crippen molar-refractivity contribution in [3.05, 3.63) is 41.2 Å². The van der Waals surface area contributed by atoms with E-state index in [1.54, 1.807) is 22.6 Å². The molecular formula is C21H24ClF3N4O2S. The van der Waals surface area contributed by atoms with Crippen LogP contribution >= 0.6 is 11.6 Å². The van der Waals surface area contributed by atoms with Crippen molar-refractivity contribution in [2.75, 3.05) is 19.6 Å². The Kier molecular flexibility index (Phi) is 6.02. The normalized spacial score (nSPS) is 28.6. The maximum Gasteiger partial charge on any atom is 0.393 e. The highest BCUT2D eigenvalue weighted by Crippen LogP contribution is 2.46. The van der Waals surface area contributed by atoms with Gasteiger partial charge in [-0.1, -0.05) is 18.2 Å². The summed E-state index contributed by atoms with van der Waals surface area (Å²) in [5, 5.41) is 9.22. The average Bonchev–Trinajstić information content (AvgIpc) is 2.99. The third-order valence-electron chi connectivity index (χ3n) is 6.47. The molecule has 0 radical (unpaired) electrons. The summed E-state index contributed by atoms with van der Waals surface area (Å²) in [6.45, 7) is 4.34. The molecule has 2 fully saturated rings. The predicted octanol–water partition coefficient (Wildman–Crippen LogP) is 4.22. The number of nitrogens with one attached hydrogen (secondary N) is 1. The monoisotopic (exact) mass is 488 g/mol. The number of hydrogen-bond donors (Lipinski definition) is 1. The van der Waals surface area contributed by atoms with Gasteiger partial charge >= 0.3 is 6.18 Å². The van der Waals surface area contributed by atoms with Gasteiger partial charge in [-0.15, -0.1) is 0 Å². The second-order valence-electron chi connectivity index (χ2n) is 8.36. The van der Waals surface area contributed by atoms with Crippen molar-refractivity contribution in [1.29, 1.82) is 5.41 Å². The van der Waals surface area contributed by atoms with E-state index in [0.29, 0.717) is 42.2 Å². The number of aromatic nitrogens is 1. The molecule has 3 aliphatic rings. The molecule has 0 amide bonds. The summed E-state index contributed by atoms with van der Waals surface area (Å²) in [5.74, 6) is 2.34. The van der Waals surface area contributed by atoms with Crippen LogP contribution in [-0.4, -0.2) is 61.5 Å². The summed E-state index contributed by atoms with van der Waals surface area (Å²) >= 11 is 6.05. The highest BCUT2D eigenvalue weighted by molar-refractivity contribution is 8.12. The first-order valence-corrected chi connectivity index (χ1v) is 12.3. The Balaban J connectivity index is 1.46.